The van der Waals surface area contributed by atoms with Gasteiger partial charge in [0.25, 0.3) is 0 Å². The fourth-order valence-corrected chi connectivity index (χ4v) is 2.19. The summed E-state index contributed by atoms with van der Waals surface area (Å²) in [6.45, 7) is 17.7. The van der Waals surface area contributed by atoms with E-state index in [4.69, 9.17) is 18.6 Å². The molecular weight excluding hydrogens is 411 g/mol. The predicted octanol–water partition coefficient (Wildman–Crippen LogP) is 8.08. The van der Waals surface area contributed by atoms with Crippen LogP contribution in [0.1, 0.15) is 75.6 Å². The van der Waals surface area contributed by atoms with Crippen molar-refractivity contribution in [3.8, 4) is 0 Å². The Morgan fingerprint density at radius 3 is 1.23 bits per heavy atom. The van der Waals surface area contributed by atoms with Crippen LogP contribution in [-0.4, -0.2) is 9.52 Å². The summed E-state index contributed by atoms with van der Waals surface area (Å²) in [6, 6.07) is 13.5. The van der Waals surface area contributed by atoms with Crippen molar-refractivity contribution < 1.29 is 17.0 Å². The van der Waals surface area contributed by atoms with E-state index in [1.165, 1.54) is 22.3 Å². The molecule has 0 saturated carbocycles. The molecule has 2 aromatic carbocycles. The van der Waals surface area contributed by atoms with E-state index in [1.807, 2.05) is 0 Å². The van der Waals surface area contributed by atoms with Crippen LogP contribution < -0.4 is 0 Å². The fraction of sp³-hybridized carbons (Fsp3) is 0.545. The molecule has 0 aliphatic rings. The molecule has 1 radical (unpaired) electrons. The average molecular weight is 448 g/mol. The summed E-state index contributed by atoms with van der Waals surface area (Å²) < 4.78 is 0. The Bertz CT molecular complexity index is 481. The normalized spacial score (nSPS) is 9.54. The second-order valence-corrected chi connectivity index (χ2v) is 10.5. The van der Waals surface area contributed by atoms with Crippen LogP contribution in [0.5, 0.6) is 0 Å². The molecule has 0 amide bonds. The van der Waals surface area contributed by atoms with Crippen molar-refractivity contribution in [1.82, 2.24) is 0 Å². The van der Waals surface area contributed by atoms with Gasteiger partial charge in [-0.3, -0.25) is 0 Å². The standard InChI is InChI=1S/2C10H15.C2H7Si.2ClH.Ti/c2*1-4-9-5-6-10(7-9)8(2)3;1-3-2;;;/h2*5-8H,4H2,1-3H3;3H,1-2H3;2*1H;/q2*-1;;;;+2/p-2. The van der Waals surface area contributed by atoms with Gasteiger partial charge in [-0.15, -0.1) is 0 Å². The molecule has 0 bridgehead atoms. The minimum absolute atomic E-state index is 0.556. The van der Waals surface area contributed by atoms with E-state index in [9.17, 15) is 0 Å². The Kier molecular flexibility index (Phi) is 20.3. The van der Waals surface area contributed by atoms with Crippen molar-refractivity contribution in [2.75, 3.05) is 0 Å². The SMILES string of the molecule is CCc1c[cH-]c(C(C)C)c1.CCc1c[cH-]c(C(C)C)c1.C[SiH]C.[Cl][Ti][Cl]. The van der Waals surface area contributed by atoms with Crippen LogP contribution in [0.3, 0.4) is 0 Å². The van der Waals surface area contributed by atoms with E-state index in [0.717, 1.165) is 22.4 Å². The first kappa shape index (κ1) is 28.4. The molecule has 0 unspecified atom stereocenters. The Labute approximate surface area is 182 Å². The third kappa shape index (κ3) is 14.3. The molecule has 0 aliphatic heterocycles. The van der Waals surface area contributed by atoms with Crippen molar-refractivity contribution in [1.29, 1.82) is 0 Å². The van der Waals surface area contributed by atoms with Crippen LogP contribution in [0.25, 0.3) is 0 Å². The molecule has 0 heterocycles. The molecule has 0 spiro atoms. The maximum absolute atomic E-state index is 4.89. The predicted molar refractivity (Wildman–Crippen MR) is 122 cm³/mol. The number of rotatable bonds is 4. The van der Waals surface area contributed by atoms with Gasteiger partial charge < -0.3 is 0 Å². The van der Waals surface area contributed by atoms with E-state index in [2.05, 4.69) is 91.0 Å². The minimum atomic E-state index is -0.556. The van der Waals surface area contributed by atoms with Gasteiger partial charge in [-0.25, -0.2) is 12.1 Å². The van der Waals surface area contributed by atoms with Gasteiger partial charge in [0, 0.05) is 9.52 Å². The molecule has 2 rings (SSSR count). The van der Waals surface area contributed by atoms with Gasteiger partial charge in [0.2, 0.25) is 0 Å². The zero-order valence-corrected chi connectivity index (χ0v) is 22.1. The molecule has 0 fully saturated rings. The van der Waals surface area contributed by atoms with Crippen molar-refractivity contribution in [3.63, 3.8) is 0 Å². The fourth-order valence-electron chi connectivity index (χ4n) is 2.19. The number of halogens is 2. The first-order chi connectivity index (χ1) is 12.3. The van der Waals surface area contributed by atoms with Crippen LogP contribution in [-0.2, 0) is 29.9 Å². The zero-order valence-electron chi connectivity index (χ0n) is 17.9. The Morgan fingerprint density at radius 1 is 0.846 bits per heavy atom. The molecule has 0 atom stereocenters. The van der Waals surface area contributed by atoms with E-state index >= 15 is 0 Å². The van der Waals surface area contributed by atoms with Crippen molar-refractivity contribution in [3.05, 3.63) is 58.7 Å². The van der Waals surface area contributed by atoms with E-state index < -0.39 is 17.0 Å². The molecule has 149 valence electrons. The molecule has 26 heavy (non-hydrogen) atoms. The van der Waals surface area contributed by atoms with Gasteiger partial charge in [-0.2, -0.15) is 46.5 Å². The third-order valence-electron chi connectivity index (χ3n) is 3.83. The number of aryl methyl sites for hydroxylation is 2. The summed E-state index contributed by atoms with van der Waals surface area (Å²) in [5.74, 6) is 1.36. The van der Waals surface area contributed by atoms with E-state index in [1.54, 1.807) is 0 Å². The number of hydrogen-bond acceptors (Lipinski definition) is 0. The zero-order chi connectivity index (χ0) is 20.5. The van der Waals surface area contributed by atoms with Crippen molar-refractivity contribution in [2.24, 2.45) is 0 Å². The topological polar surface area (TPSA) is 0 Å². The summed E-state index contributed by atoms with van der Waals surface area (Å²) in [7, 11) is 10.5. The van der Waals surface area contributed by atoms with Gasteiger partial charge in [0.15, 0.2) is 0 Å². The van der Waals surface area contributed by atoms with E-state index in [0.29, 0.717) is 11.8 Å². The Morgan fingerprint density at radius 2 is 1.12 bits per heavy atom. The van der Waals surface area contributed by atoms with Gasteiger partial charge in [0.1, 0.15) is 0 Å². The molecule has 0 N–H and O–H groups in total. The Balaban J connectivity index is 0. The molecule has 0 nitrogen and oxygen atoms in total. The van der Waals surface area contributed by atoms with Crippen LogP contribution in [0.4, 0.5) is 0 Å². The first-order valence-corrected chi connectivity index (χ1v) is 16.1. The second-order valence-electron chi connectivity index (χ2n) is 6.77. The average Bonchev–Trinajstić information content (AvgIpc) is 3.26. The van der Waals surface area contributed by atoms with Crippen LogP contribution in [0.2, 0.25) is 13.1 Å². The summed E-state index contributed by atoms with van der Waals surface area (Å²) in [5, 5.41) is 0. The first-order valence-electron chi connectivity index (χ1n) is 9.52. The van der Waals surface area contributed by atoms with E-state index in [-0.39, 0.29) is 0 Å². The molecule has 0 aromatic heterocycles. The van der Waals surface area contributed by atoms with Gasteiger partial charge in [-0.05, 0) is 11.8 Å². The van der Waals surface area contributed by atoms with Gasteiger partial charge in [0.05, 0.1) is 0 Å². The molecule has 0 saturated heterocycles. The van der Waals surface area contributed by atoms with Crippen molar-refractivity contribution in [2.45, 2.75) is 79.3 Å². The molecular formula is C22H37Cl2SiTi-2. The maximum atomic E-state index is 4.89. The molecule has 2 aromatic rings. The van der Waals surface area contributed by atoms with Gasteiger partial charge in [-0.1, -0.05) is 67.5 Å². The molecule has 4 heteroatoms. The Hall–Kier alpha value is 0.211. The summed E-state index contributed by atoms with van der Waals surface area (Å²) in [6.07, 6.45) is 2.32. The third-order valence-corrected chi connectivity index (χ3v) is 3.83. The van der Waals surface area contributed by atoms with Crippen LogP contribution >= 0.6 is 18.6 Å². The van der Waals surface area contributed by atoms with Gasteiger partial charge >= 0.3 is 35.6 Å². The van der Waals surface area contributed by atoms with Crippen molar-refractivity contribution >= 4 is 28.1 Å². The number of hydrogen-bond donors (Lipinski definition) is 0. The van der Waals surface area contributed by atoms with Crippen LogP contribution in [0, 0.1) is 0 Å². The molecule has 0 aliphatic carbocycles. The summed E-state index contributed by atoms with van der Waals surface area (Å²) >= 11 is -0.556. The monoisotopic (exact) mass is 447 g/mol. The quantitative estimate of drug-likeness (QED) is 0.328. The van der Waals surface area contributed by atoms with Crippen LogP contribution in [0.15, 0.2) is 36.4 Å². The summed E-state index contributed by atoms with van der Waals surface area (Å²) in [4.78, 5) is 0. The summed E-state index contributed by atoms with van der Waals surface area (Å²) in [5.41, 5.74) is 5.86. The second kappa shape index (κ2) is 18.6.